The van der Waals surface area contributed by atoms with E-state index in [2.05, 4.69) is 5.32 Å². The van der Waals surface area contributed by atoms with Gasteiger partial charge in [0, 0.05) is 28.3 Å². The maximum absolute atomic E-state index is 13.2. The Hall–Kier alpha value is -3.94. The van der Waals surface area contributed by atoms with Crippen molar-refractivity contribution in [3.05, 3.63) is 124 Å². The lowest BCUT2D eigenvalue weighted by Gasteiger charge is -2.20. The molecule has 0 atom stereocenters. The molecule has 0 aromatic heterocycles. The van der Waals surface area contributed by atoms with Gasteiger partial charge in [-0.15, -0.1) is 0 Å². The largest absolute Gasteiger partial charge is 0.321 e. The van der Waals surface area contributed by atoms with Crippen LogP contribution < -0.4 is 9.62 Å². The van der Waals surface area contributed by atoms with Crippen LogP contribution in [0, 0.1) is 6.92 Å². The first-order valence-electron chi connectivity index (χ1n) is 11.7. The molecule has 186 valence electrons. The summed E-state index contributed by atoms with van der Waals surface area (Å²) in [5.74, 6) is -0.670. The molecule has 0 aliphatic carbocycles. The molecule has 1 aliphatic rings. The molecule has 0 spiro atoms. The van der Waals surface area contributed by atoms with Crippen LogP contribution in [0.3, 0.4) is 0 Å². The summed E-state index contributed by atoms with van der Waals surface area (Å²) in [7, 11) is -3.71. The van der Waals surface area contributed by atoms with Gasteiger partial charge in [-0.25, -0.2) is 8.42 Å². The number of carbonyl (C=O) groups is 2. The van der Waals surface area contributed by atoms with E-state index in [1.165, 1.54) is 10.4 Å². The summed E-state index contributed by atoms with van der Waals surface area (Å²) in [5, 5.41) is 3.20. The number of nitrogens with one attached hydrogen (secondary N) is 1. The second-order valence-corrected chi connectivity index (χ2v) is 11.1. The van der Waals surface area contributed by atoms with Crippen molar-refractivity contribution in [2.75, 3.05) is 16.2 Å². The Bertz CT molecular complexity index is 1620. The number of carbonyl (C=O) groups excluding carboxylic acids is 2. The van der Waals surface area contributed by atoms with E-state index in [4.69, 9.17) is 11.6 Å². The van der Waals surface area contributed by atoms with Crippen LogP contribution in [0.1, 0.15) is 37.4 Å². The number of fused-ring (bicyclic) bond motifs is 1. The van der Waals surface area contributed by atoms with E-state index in [1.54, 1.807) is 78.9 Å². The highest BCUT2D eigenvalue weighted by Crippen LogP contribution is 2.34. The second-order valence-electron chi connectivity index (χ2n) is 8.82. The molecule has 1 N–H and O–H groups in total. The number of benzene rings is 4. The minimum Gasteiger partial charge on any atom is -0.321 e. The molecule has 0 saturated carbocycles. The SMILES string of the molecule is Cc1ccc(S(=O)(=O)N2CCc3cc(C(=O)Nc4ccc(Cl)cc4C(=O)c4ccccc4)ccc32)cc1. The number of ketones is 1. The van der Waals surface area contributed by atoms with Crippen LogP contribution in [0.5, 0.6) is 0 Å². The predicted octanol–water partition coefficient (Wildman–Crippen LogP) is 5.88. The number of halogens is 1. The molecule has 37 heavy (non-hydrogen) atoms. The Morgan fingerprint density at radius 1 is 0.865 bits per heavy atom. The summed E-state index contributed by atoms with van der Waals surface area (Å²) in [6.07, 6.45) is 0.486. The van der Waals surface area contributed by atoms with Crippen molar-refractivity contribution in [2.24, 2.45) is 0 Å². The maximum Gasteiger partial charge on any atom is 0.264 e. The van der Waals surface area contributed by atoms with E-state index in [0.717, 1.165) is 11.1 Å². The van der Waals surface area contributed by atoms with E-state index >= 15 is 0 Å². The molecule has 4 aromatic carbocycles. The number of nitrogens with zero attached hydrogens (tertiary/aromatic N) is 1. The normalized spacial score (nSPS) is 12.8. The third-order valence-corrected chi connectivity index (χ3v) is 8.38. The van der Waals surface area contributed by atoms with Crippen LogP contribution in [0.4, 0.5) is 11.4 Å². The summed E-state index contributed by atoms with van der Waals surface area (Å²) in [6.45, 7) is 2.20. The summed E-state index contributed by atoms with van der Waals surface area (Å²) >= 11 is 6.15. The Morgan fingerprint density at radius 3 is 2.32 bits per heavy atom. The maximum atomic E-state index is 13.2. The fourth-order valence-corrected chi connectivity index (χ4v) is 6.03. The third kappa shape index (κ3) is 4.88. The standard InChI is InChI=1S/C29H23ClN2O4S/c1-19-7-11-24(12-8-19)37(35,36)32-16-15-21-17-22(9-14-27(21)32)29(34)31-26-13-10-23(30)18-25(26)28(33)20-5-3-2-4-6-20/h2-14,17-18H,15-16H2,1H3,(H,31,34). The van der Waals surface area contributed by atoms with Crippen molar-refractivity contribution in [1.82, 2.24) is 0 Å². The lowest BCUT2D eigenvalue weighted by Crippen LogP contribution is -2.29. The van der Waals surface area contributed by atoms with Crippen molar-refractivity contribution in [1.29, 1.82) is 0 Å². The van der Waals surface area contributed by atoms with Gasteiger partial charge in [0.25, 0.3) is 15.9 Å². The van der Waals surface area contributed by atoms with Crippen molar-refractivity contribution < 1.29 is 18.0 Å². The number of anilines is 2. The van der Waals surface area contributed by atoms with Gasteiger partial charge in [-0.2, -0.15) is 0 Å². The van der Waals surface area contributed by atoms with E-state index in [1.807, 2.05) is 13.0 Å². The number of aryl methyl sites for hydroxylation is 1. The van der Waals surface area contributed by atoms with Gasteiger partial charge >= 0.3 is 0 Å². The van der Waals surface area contributed by atoms with Gasteiger partial charge in [0.2, 0.25) is 0 Å². The molecule has 8 heteroatoms. The highest BCUT2D eigenvalue weighted by Gasteiger charge is 2.31. The molecule has 6 nitrogen and oxygen atoms in total. The summed E-state index contributed by atoms with van der Waals surface area (Å²) in [6, 6.07) is 25.2. The zero-order chi connectivity index (χ0) is 26.2. The first-order chi connectivity index (χ1) is 17.7. The first-order valence-corrected chi connectivity index (χ1v) is 13.5. The van der Waals surface area contributed by atoms with E-state index in [-0.39, 0.29) is 16.2 Å². The smallest absolute Gasteiger partial charge is 0.264 e. The Kier molecular flexibility index (Phi) is 6.58. The minimum absolute atomic E-state index is 0.228. The zero-order valence-electron chi connectivity index (χ0n) is 19.9. The van der Waals surface area contributed by atoms with Crippen LogP contribution in [-0.4, -0.2) is 26.7 Å². The summed E-state index contributed by atoms with van der Waals surface area (Å²) in [4.78, 5) is 26.5. The van der Waals surface area contributed by atoms with Gasteiger partial charge in [-0.1, -0.05) is 59.6 Å². The molecule has 0 bridgehead atoms. The zero-order valence-corrected chi connectivity index (χ0v) is 21.5. The molecular weight excluding hydrogens is 508 g/mol. The number of hydrogen-bond donors (Lipinski definition) is 1. The quantitative estimate of drug-likeness (QED) is 0.315. The van der Waals surface area contributed by atoms with Gasteiger partial charge in [0.05, 0.1) is 16.3 Å². The molecule has 0 radical (unpaired) electrons. The minimum atomic E-state index is -3.71. The molecular formula is C29H23ClN2O4S. The lowest BCUT2D eigenvalue weighted by molar-refractivity contribution is 0.102. The van der Waals surface area contributed by atoms with Gasteiger partial charge in [0.15, 0.2) is 5.78 Å². The summed E-state index contributed by atoms with van der Waals surface area (Å²) in [5.41, 5.74) is 3.76. The average Bonchev–Trinajstić information content (AvgIpc) is 3.34. The molecule has 0 fully saturated rings. The lowest BCUT2D eigenvalue weighted by atomic mass is 10.0. The number of hydrogen-bond acceptors (Lipinski definition) is 4. The topological polar surface area (TPSA) is 83.6 Å². The molecule has 0 unspecified atom stereocenters. The highest BCUT2D eigenvalue weighted by atomic mass is 35.5. The first kappa shape index (κ1) is 24.7. The molecule has 1 aliphatic heterocycles. The second kappa shape index (κ2) is 9.84. The molecule has 5 rings (SSSR count). The van der Waals surface area contributed by atoms with Crippen molar-refractivity contribution in [3.8, 4) is 0 Å². The Labute approximate surface area is 220 Å². The van der Waals surface area contributed by atoms with E-state index < -0.39 is 15.9 Å². The predicted molar refractivity (Wildman–Crippen MR) is 145 cm³/mol. The van der Waals surface area contributed by atoms with Crippen LogP contribution in [0.25, 0.3) is 0 Å². The van der Waals surface area contributed by atoms with E-state index in [9.17, 15) is 18.0 Å². The van der Waals surface area contributed by atoms with Crippen molar-refractivity contribution in [2.45, 2.75) is 18.2 Å². The van der Waals surface area contributed by atoms with Crippen LogP contribution >= 0.6 is 11.6 Å². The number of amides is 1. The van der Waals surface area contributed by atoms with Gasteiger partial charge in [-0.3, -0.25) is 13.9 Å². The Balaban J connectivity index is 1.40. The van der Waals surface area contributed by atoms with Crippen LogP contribution in [-0.2, 0) is 16.4 Å². The van der Waals surface area contributed by atoms with Crippen molar-refractivity contribution in [3.63, 3.8) is 0 Å². The van der Waals surface area contributed by atoms with Gasteiger partial charge < -0.3 is 5.32 Å². The van der Waals surface area contributed by atoms with Crippen LogP contribution in [0.2, 0.25) is 5.02 Å². The molecule has 4 aromatic rings. The molecule has 0 saturated heterocycles. The van der Waals surface area contributed by atoms with Gasteiger partial charge in [0.1, 0.15) is 0 Å². The third-order valence-electron chi connectivity index (χ3n) is 6.31. The average molecular weight is 531 g/mol. The monoisotopic (exact) mass is 530 g/mol. The van der Waals surface area contributed by atoms with Gasteiger partial charge in [-0.05, 0) is 67.4 Å². The fourth-order valence-electron chi connectivity index (χ4n) is 4.35. The van der Waals surface area contributed by atoms with Crippen LogP contribution in [0.15, 0.2) is 95.9 Å². The Morgan fingerprint density at radius 2 is 1.59 bits per heavy atom. The number of rotatable bonds is 6. The number of sulfonamides is 1. The van der Waals surface area contributed by atoms with E-state index in [0.29, 0.717) is 40.5 Å². The molecule has 1 heterocycles. The molecule has 1 amide bonds. The van der Waals surface area contributed by atoms with Crippen molar-refractivity contribution >= 4 is 44.7 Å². The summed E-state index contributed by atoms with van der Waals surface area (Å²) < 4.78 is 27.8. The fraction of sp³-hybridized carbons (Fsp3) is 0.103. The highest BCUT2D eigenvalue weighted by molar-refractivity contribution is 7.92.